The molecule has 0 aromatic heterocycles. The summed E-state index contributed by atoms with van der Waals surface area (Å²) in [5.41, 5.74) is 0.390. The van der Waals surface area contributed by atoms with E-state index in [0.717, 1.165) is 5.92 Å². The Kier molecular flexibility index (Phi) is 4.60. The molecule has 0 aromatic carbocycles. The molecule has 2 atom stereocenters. The second kappa shape index (κ2) is 5.31. The molecule has 0 radical (unpaired) electrons. The van der Waals surface area contributed by atoms with Gasteiger partial charge in [-0.2, -0.15) is 0 Å². The predicted molar refractivity (Wildman–Crippen MR) is 67.1 cm³/mol. The molecule has 0 bridgehead atoms. The number of hydrogen-bond acceptors (Lipinski definition) is 2. The van der Waals surface area contributed by atoms with Crippen molar-refractivity contribution in [1.29, 1.82) is 0 Å². The van der Waals surface area contributed by atoms with Gasteiger partial charge in [0.15, 0.2) is 0 Å². The number of piperidine rings is 1. The molecular formula is C13H28N2. The zero-order valence-corrected chi connectivity index (χ0v) is 11.1. The molecule has 0 aliphatic carbocycles. The molecule has 1 heterocycles. The Balaban J connectivity index is 2.50. The van der Waals surface area contributed by atoms with Crippen LogP contribution in [0.4, 0.5) is 0 Å². The Morgan fingerprint density at radius 3 is 2.40 bits per heavy atom. The third-order valence-corrected chi connectivity index (χ3v) is 3.58. The summed E-state index contributed by atoms with van der Waals surface area (Å²) in [6, 6.07) is 0.697. The molecular weight excluding hydrogens is 184 g/mol. The monoisotopic (exact) mass is 212 g/mol. The van der Waals surface area contributed by atoms with E-state index in [1.807, 2.05) is 0 Å². The predicted octanol–water partition coefficient (Wildman–Crippen LogP) is 2.35. The molecule has 90 valence electrons. The Hall–Kier alpha value is -0.0800. The van der Waals surface area contributed by atoms with Crippen LogP contribution in [0, 0.1) is 11.3 Å². The van der Waals surface area contributed by atoms with Gasteiger partial charge < -0.3 is 10.2 Å². The summed E-state index contributed by atoms with van der Waals surface area (Å²) in [4.78, 5) is 2.40. The fraction of sp³-hybridized carbons (Fsp3) is 1.00. The van der Waals surface area contributed by atoms with Crippen LogP contribution >= 0.6 is 0 Å². The van der Waals surface area contributed by atoms with E-state index in [0.29, 0.717) is 11.5 Å². The summed E-state index contributed by atoms with van der Waals surface area (Å²) >= 11 is 0. The van der Waals surface area contributed by atoms with Crippen molar-refractivity contribution in [3.8, 4) is 0 Å². The molecule has 15 heavy (non-hydrogen) atoms. The largest absolute Gasteiger partial charge is 0.316 e. The van der Waals surface area contributed by atoms with Gasteiger partial charge in [-0.05, 0) is 57.8 Å². The van der Waals surface area contributed by atoms with E-state index in [2.05, 4.69) is 45.1 Å². The van der Waals surface area contributed by atoms with E-state index < -0.39 is 0 Å². The second-order valence-corrected chi connectivity index (χ2v) is 6.29. The van der Waals surface area contributed by atoms with E-state index in [9.17, 15) is 0 Å². The Morgan fingerprint density at radius 1 is 1.33 bits per heavy atom. The summed E-state index contributed by atoms with van der Waals surface area (Å²) < 4.78 is 0. The van der Waals surface area contributed by atoms with E-state index in [-0.39, 0.29) is 0 Å². The lowest BCUT2D eigenvalue weighted by atomic mass is 9.79. The molecule has 2 heteroatoms. The lowest BCUT2D eigenvalue weighted by molar-refractivity contribution is 0.117. The van der Waals surface area contributed by atoms with E-state index in [1.165, 1.54) is 32.4 Å². The molecule has 0 saturated carbocycles. The first-order valence-electron chi connectivity index (χ1n) is 6.28. The highest BCUT2D eigenvalue weighted by molar-refractivity contribution is 4.84. The first-order chi connectivity index (χ1) is 6.91. The van der Waals surface area contributed by atoms with Crippen molar-refractivity contribution in [3.05, 3.63) is 0 Å². The lowest BCUT2D eigenvalue weighted by Crippen LogP contribution is -2.43. The molecule has 2 unspecified atom stereocenters. The van der Waals surface area contributed by atoms with Crippen LogP contribution in [0.25, 0.3) is 0 Å². The highest BCUT2D eigenvalue weighted by Crippen LogP contribution is 2.30. The van der Waals surface area contributed by atoms with Crippen molar-refractivity contribution in [2.75, 3.05) is 27.2 Å². The Labute approximate surface area is 95.4 Å². The first-order valence-corrected chi connectivity index (χ1v) is 6.28. The minimum Gasteiger partial charge on any atom is -0.316 e. The zero-order chi connectivity index (χ0) is 11.5. The summed E-state index contributed by atoms with van der Waals surface area (Å²) in [5, 5.41) is 3.51. The number of nitrogens with one attached hydrogen (secondary N) is 1. The lowest BCUT2D eigenvalue weighted by Gasteiger charge is -2.39. The molecule has 0 aromatic rings. The summed E-state index contributed by atoms with van der Waals surface area (Å²) in [6.45, 7) is 9.51. The maximum absolute atomic E-state index is 3.51. The molecule has 1 fully saturated rings. The molecule has 0 amide bonds. The van der Waals surface area contributed by atoms with Crippen LogP contribution in [0.2, 0.25) is 0 Å². The third-order valence-electron chi connectivity index (χ3n) is 3.58. The zero-order valence-electron chi connectivity index (χ0n) is 11.1. The SMILES string of the molecule is CN(C)C(CC1CCCNC1)C(C)(C)C. The van der Waals surface area contributed by atoms with Crippen LogP contribution in [0.15, 0.2) is 0 Å². The van der Waals surface area contributed by atoms with Crippen LogP contribution < -0.4 is 5.32 Å². The normalized spacial score (nSPS) is 25.6. The third kappa shape index (κ3) is 4.12. The van der Waals surface area contributed by atoms with Crippen LogP contribution in [0.1, 0.15) is 40.0 Å². The van der Waals surface area contributed by atoms with Crippen molar-refractivity contribution in [2.45, 2.75) is 46.1 Å². The fourth-order valence-electron chi connectivity index (χ4n) is 2.78. The van der Waals surface area contributed by atoms with Crippen LogP contribution in [-0.4, -0.2) is 38.1 Å². The standard InChI is InChI=1S/C13H28N2/c1-13(2,3)12(15(4)5)9-11-7-6-8-14-10-11/h11-12,14H,6-10H2,1-5H3. The highest BCUT2D eigenvalue weighted by atomic mass is 15.1. The van der Waals surface area contributed by atoms with Gasteiger partial charge >= 0.3 is 0 Å². The first kappa shape index (κ1) is 13.0. The average Bonchev–Trinajstić information content (AvgIpc) is 2.13. The number of rotatable bonds is 3. The van der Waals surface area contributed by atoms with Crippen molar-refractivity contribution in [2.24, 2.45) is 11.3 Å². The maximum atomic E-state index is 3.51. The van der Waals surface area contributed by atoms with Crippen molar-refractivity contribution >= 4 is 0 Å². The number of nitrogens with zero attached hydrogens (tertiary/aromatic N) is 1. The molecule has 1 aliphatic rings. The Morgan fingerprint density at radius 2 is 2.00 bits per heavy atom. The number of hydrogen-bond donors (Lipinski definition) is 1. The molecule has 1 N–H and O–H groups in total. The highest BCUT2D eigenvalue weighted by Gasteiger charge is 2.29. The molecule has 0 spiro atoms. The smallest absolute Gasteiger partial charge is 0.0141 e. The van der Waals surface area contributed by atoms with Gasteiger partial charge in [-0.25, -0.2) is 0 Å². The minimum absolute atomic E-state index is 0.390. The summed E-state index contributed by atoms with van der Waals surface area (Å²) in [6.07, 6.45) is 4.10. The van der Waals surface area contributed by atoms with Gasteiger partial charge in [0.1, 0.15) is 0 Å². The van der Waals surface area contributed by atoms with Crippen LogP contribution in [-0.2, 0) is 0 Å². The van der Waals surface area contributed by atoms with Gasteiger partial charge in [0.25, 0.3) is 0 Å². The van der Waals surface area contributed by atoms with Crippen LogP contribution in [0.5, 0.6) is 0 Å². The van der Waals surface area contributed by atoms with Crippen LogP contribution in [0.3, 0.4) is 0 Å². The summed E-state index contributed by atoms with van der Waals surface area (Å²) in [5.74, 6) is 0.880. The molecule has 2 nitrogen and oxygen atoms in total. The van der Waals surface area contributed by atoms with Gasteiger partial charge in [-0.3, -0.25) is 0 Å². The van der Waals surface area contributed by atoms with Crippen molar-refractivity contribution in [3.63, 3.8) is 0 Å². The average molecular weight is 212 g/mol. The van der Waals surface area contributed by atoms with E-state index in [1.54, 1.807) is 0 Å². The van der Waals surface area contributed by atoms with Gasteiger partial charge in [-0.1, -0.05) is 20.8 Å². The van der Waals surface area contributed by atoms with E-state index in [4.69, 9.17) is 0 Å². The van der Waals surface area contributed by atoms with Gasteiger partial charge in [-0.15, -0.1) is 0 Å². The van der Waals surface area contributed by atoms with Crippen molar-refractivity contribution < 1.29 is 0 Å². The minimum atomic E-state index is 0.390. The molecule has 1 rings (SSSR count). The molecule has 1 aliphatic heterocycles. The quantitative estimate of drug-likeness (QED) is 0.772. The maximum Gasteiger partial charge on any atom is 0.0141 e. The van der Waals surface area contributed by atoms with Gasteiger partial charge in [0.05, 0.1) is 0 Å². The van der Waals surface area contributed by atoms with Crippen molar-refractivity contribution in [1.82, 2.24) is 10.2 Å². The van der Waals surface area contributed by atoms with E-state index >= 15 is 0 Å². The van der Waals surface area contributed by atoms with Gasteiger partial charge in [0.2, 0.25) is 0 Å². The fourth-order valence-corrected chi connectivity index (χ4v) is 2.78. The Bertz CT molecular complexity index is 175. The second-order valence-electron chi connectivity index (χ2n) is 6.29. The topological polar surface area (TPSA) is 15.3 Å². The van der Waals surface area contributed by atoms with Gasteiger partial charge in [0, 0.05) is 6.04 Å². The molecule has 1 saturated heterocycles. The summed E-state index contributed by atoms with van der Waals surface area (Å²) in [7, 11) is 4.43.